The van der Waals surface area contributed by atoms with E-state index < -0.39 is 28.3 Å². The average molecular weight is 409 g/mol. The number of hydrogen-bond donors (Lipinski definition) is 1. The summed E-state index contributed by atoms with van der Waals surface area (Å²) in [5.41, 5.74) is 2.04. The molecule has 4 rings (SSSR count). The molecule has 146 valence electrons. The van der Waals surface area contributed by atoms with Crippen LogP contribution in [0.25, 0.3) is 0 Å². The lowest BCUT2D eigenvalue weighted by Crippen LogP contribution is -2.38. The Bertz CT molecular complexity index is 1190. The fourth-order valence-electron chi connectivity index (χ4n) is 3.01. The highest BCUT2D eigenvalue weighted by molar-refractivity contribution is 7.89. The van der Waals surface area contributed by atoms with Gasteiger partial charge in [-0.1, -0.05) is 48.5 Å². The van der Waals surface area contributed by atoms with E-state index in [0.717, 1.165) is 9.98 Å². The number of nitrogens with one attached hydrogen (secondary N) is 1. The number of rotatable bonds is 4. The number of sulfonamides is 1. The number of carbonyl (C=O) groups excluding carboxylic acids is 1. The van der Waals surface area contributed by atoms with Crippen molar-refractivity contribution >= 4 is 27.3 Å². The summed E-state index contributed by atoms with van der Waals surface area (Å²) in [4.78, 5) is 12.5. The van der Waals surface area contributed by atoms with Gasteiger partial charge in [0.25, 0.3) is 10.0 Å². The maximum atomic E-state index is 13.0. The summed E-state index contributed by atoms with van der Waals surface area (Å²) in [6.07, 6.45) is 0. The van der Waals surface area contributed by atoms with Gasteiger partial charge in [-0.15, -0.1) is 0 Å². The maximum Gasteiger partial charge on any atom is 0.280 e. The van der Waals surface area contributed by atoms with Gasteiger partial charge in [-0.25, -0.2) is 4.39 Å². The minimum atomic E-state index is -3.99. The molecule has 0 bridgehead atoms. The maximum absolute atomic E-state index is 13.0. The largest absolute Gasteiger partial charge is 0.324 e. The van der Waals surface area contributed by atoms with Crippen LogP contribution in [0.5, 0.6) is 0 Å². The normalized spacial score (nSPS) is 14.7. The van der Waals surface area contributed by atoms with Gasteiger partial charge < -0.3 is 5.32 Å². The van der Waals surface area contributed by atoms with Crippen molar-refractivity contribution < 1.29 is 17.6 Å². The molecule has 0 aromatic heterocycles. The van der Waals surface area contributed by atoms with Gasteiger partial charge in [-0.2, -0.15) is 17.9 Å². The second-order valence-corrected chi connectivity index (χ2v) is 8.16. The fourth-order valence-corrected chi connectivity index (χ4v) is 4.40. The van der Waals surface area contributed by atoms with Crippen molar-refractivity contribution in [3.05, 3.63) is 95.8 Å². The third kappa shape index (κ3) is 3.74. The number of halogens is 1. The first-order chi connectivity index (χ1) is 13.9. The molecule has 0 atom stereocenters. The molecule has 0 unspecified atom stereocenters. The van der Waals surface area contributed by atoms with Gasteiger partial charge in [0.05, 0.1) is 4.90 Å². The molecular weight excluding hydrogens is 393 g/mol. The van der Waals surface area contributed by atoms with Crippen molar-refractivity contribution in [2.45, 2.75) is 4.90 Å². The third-order valence-electron chi connectivity index (χ3n) is 4.36. The van der Waals surface area contributed by atoms with Crippen molar-refractivity contribution in [1.82, 2.24) is 4.41 Å². The van der Waals surface area contributed by atoms with Crippen molar-refractivity contribution in [3.63, 3.8) is 0 Å². The lowest BCUT2D eigenvalue weighted by atomic mass is 10.0. The minimum Gasteiger partial charge on any atom is -0.324 e. The molecule has 8 heteroatoms. The van der Waals surface area contributed by atoms with Crippen molar-refractivity contribution in [2.75, 3.05) is 11.9 Å². The van der Waals surface area contributed by atoms with E-state index in [1.54, 1.807) is 18.2 Å². The van der Waals surface area contributed by atoms with Gasteiger partial charge in [-0.05, 0) is 30.3 Å². The number of carbonyl (C=O) groups is 1. The van der Waals surface area contributed by atoms with Gasteiger partial charge in [0, 0.05) is 16.8 Å². The van der Waals surface area contributed by atoms with Crippen LogP contribution < -0.4 is 5.32 Å². The predicted octanol–water partition coefficient (Wildman–Crippen LogP) is 3.22. The molecule has 6 nitrogen and oxygen atoms in total. The molecule has 0 saturated carbocycles. The Kier molecular flexibility index (Phi) is 4.85. The lowest BCUT2D eigenvalue weighted by Gasteiger charge is -2.26. The van der Waals surface area contributed by atoms with Gasteiger partial charge >= 0.3 is 0 Å². The van der Waals surface area contributed by atoms with E-state index in [0.29, 0.717) is 17.0 Å². The zero-order chi connectivity index (χ0) is 20.4. The summed E-state index contributed by atoms with van der Waals surface area (Å²) in [5.74, 6) is -1.02. The third-order valence-corrected chi connectivity index (χ3v) is 6.04. The first-order valence-corrected chi connectivity index (χ1v) is 10.2. The van der Waals surface area contributed by atoms with Gasteiger partial charge in [0.15, 0.2) is 0 Å². The molecule has 29 heavy (non-hydrogen) atoms. The molecule has 1 amide bonds. The Labute approximate surface area is 167 Å². The first-order valence-electron chi connectivity index (χ1n) is 8.77. The highest BCUT2D eigenvalue weighted by atomic mass is 32.2. The molecule has 1 aliphatic rings. The number of hydrogen-bond acceptors (Lipinski definition) is 4. The Morgan fingerprint density at radius 2 is 1.59 bits per heavy atom. The van der Waals surface area contributed by atoms with Crippen molar-refractivity contribution in [3.8, 4) is 0 Å². The van der Waals surface area contributed by atoms with Crippen LogP contribution in [-0.4, -0.2) is 31.0 Å². The quantitative estimate of drug-likeness (QED) is 0.719. The molecule has 1 N–H and O–H groups in total. The molecule has 3 aromatic carbocycles. The Hall–Kier alpha value is -3.52. The van der Waals surface area contributed by atoms with Crippen molar-refractivity contribution in [1.29, 1.82) is 0 Å². The number of hydrazone groups is 1. The Morgan fingerprint density at radius 3 is 2.31 bits per heavy atom. The van der Waals surface area contributed by atoms with Crippen LogP contribution in [-0.2, 0) is 14.8 Å². The summed E-state index contributed by atoms with van der Waals surface area (Å²) in [6.45, 7) is -0.510. The van der Waals surface area contributed by atoms with E-state index in [1.807, 2.05) is 30.3 Å². The monoisotopic (exact) mass is 409 g/mol. The minimum absolute atomic E-state index is 0.0865. The summed E-state index contributed by atoms with van der Waals surface area (Å²) >= 11 is 0. The predicted molar refractivity (Wildman–Crippen MR) is 107 cm³/mol. The van der Waals surface area contributed by atoms with Crippen LogP contribution >= 0.6 is 0 Å². The van der Waals surface area contributed by atoms with Crippen LogP contribution in [0.2, 0.25) is 0 Å². The highest BCUT2D eigenvalue weighted by Crippen LogP contribution is 2.28. The lowest BCUT2D eigenvalue weighted by molar-refractivity contribution is -0.116. The van der Waals surface area contributed by atoms with Crippen LogP contribution in [0, 0.1) is 5.82 Å². The molecule has 0 fully saturated rings. The second-order valence-electron chi connectivity index (χ2n) is 6.35. The zero-order valence-corrected chi connectivity index (χ0v) is 15.9. The standard InChI is InChI=1S/C21H16FN3O3S/c22-16-10-12-17(13-11-16)23-20(26)14-25-24-21(15-6-2-1-3-7-15)18-8-4-5-9-19(18)29(25,27)28/h1-13H,14H2,(H,23,26). The number of amides is 1. The summed E-state index contributed by atoms with van der Waals surface area (Å²) in [5, 5.41) is 6.83. The van der Waals surface area contributed by atoms with E-state index in [-0.39, 0.29) is 4.90 Å². The molecular formula is C21H16FN3O3S. The highest BCUT2D eigenvalue weighted by Gasteiger charge is 2.34. The van der Waals surface area contributed by atoms with Crippen LogP contribution in [0.4, 0.5) is 10.1 Å². The number of fused-ring (bicyclic) bond motifs is 1. The summed E-state index contributed by atoms with van der Waals surface area (Å²) < 4.78 is 39.8. The average Bonchev–Trinajstić information content (AvgIpc) is 2.73. The fraction of sp³-hybridized carbons (Fsp3) is 0.0476. The van der Waals surface area contributed by atoms with E-state index in [4.69, 9.17) is 0 Å². The Balaban J connectivity index is 1.68. The molecule has 0 spiro atoms. The van der Waals surface area contributed by atoms with Crippen LogP contribution in [0.1, 0.15) is 11.1 Å². The number of nitrogens with zero attached hydrogens (tertiary/aromatic N) is 2. The summed E-state index contributed by atoms with van der Waals surface area (Å²) in [7, 11) is -3.99. The second kappa shape index (κ2) is 7.48. The number of benzene rings is 3. The molecule has 0 saturated heterocycles. The van der Waals surface area contributed by atoms with E-state index in [1.165, 1.54) is 30.3 Å². The zero-order valence-electron chi connectivity index (χ0n) is 15.1. The summed E-state index contributed by atoms with van der Waals surface area (Å²) in [6, 6.07) is 20.9. The van der Waals surface area contributed by atoms with Crippen molar-refractivity contribution in [2.24, 2.45) is 5.10 Å². The van der Waals surface area contributed by atoms with E-state index in [2.05, 4.69) is 10.4 Å². The van der Waals surface area contributed by atoms with Gasteiger partial charge in [0.1, 0.15) is 18.1 Å². The van der Waals surface area contributed by atoms with E-state index in [9.17, 15) is 17.6 Å². The SMILES string of the molecule is O=C(CN1N=C(c2ccccc2)c2ccccc2S1(=O)=O)Nc1ccc(F)cc1. The Morgan fingerprint density at radius 1 is 0.931 bits per heavy atom. The van der Waals surface area contributed by atoms with Crippen LogP contribution in [0.15, 0.2) is 88.9 Å². The molecule has 0 aliphatic carbocycles. The molecule has 0 radical (unpaired) electrons. The molecule has 1 heterocycles. The first kappa shape index (κ1) is 18.8. The van der Waals surface area contributed by atoms with E-state index >= 15 is 0 Å². The van der Waals surface area contributed by atoms with Crippen LogP contribution in [0.3, 0.4) is 0 Å². The van der Waals surface area contributed by atoms with Gasteiger partial charge in [0.2, 0.25) is 5.91 Å². The smallest absolute Gasteiger partial charge is 0.280 e. The number of anilines is 1. The van der Waals surface area contributed by atoms with Gasteiger partial charge in [-0.3, -0.25) is 4.79 Å². The molecule has 3 aromatic rings. The molecule has 1 aliphatic heterocycles. The topological polar surface area (TPSA) is 78.8 Å².